The maximum absolute atomic E-state index is 14.1. The van der Waals surface area contributed by atoms with Crippen molar-refractivity contribution in [2.24, 2.45) is 0 Å². The van der Waals surface area contributed by atoms with Gasteiger partial charge in [0.05, 0.1) is 11.1 Å². The third-order valence-corrected chi connectivity index (χ3v) is 15.3. The molecular weight excluding hydrogens is 789 g/mol. The molecule has 0 aliphatic carbocycles. The highest BCUT2D eigenvalue weighted by Gasteiger charge is 2.44. The molecule has 0 radical (unpaired) electrons. The van der Waals surface area contributed by atoms with Crippen molar-refractivity contribution in [3.63, 3.8) is 0 Å². The summed E-state index contributed by atoms with van der Waals surface area (Å²) >= 11 is 0. The van der Waals surface area contributed by atoms with Crippen molar-refractivity contribution >= 4 is 56.6 Å². The van der Waals surface area contributed by atoms with Gasteiger partial charge in [0.1, 0.15) is 11.4 Å². The van der Waals surface area contributed by atoms with Crippen LogP contribution in [0.3, 0.4) is 0 Å². The van der Waals surface area contributed by atoms with E-state index in [-0.39, 0.29) is 23.6 Å². The number of amides is 4. The van der Waals surface area contributed by atoms with E-state index < -0.39 is 0 Å². The molecule has 12 heteroatoms. The lowest BCUT2D eigenvalue weighted by Gasteiger charge is -2.41. The number of nitrogens with zero attached hydrogens (tertiary/aromatic N) is 6. The van der Waals surface area contributed by atoms with Crippen molar-refractivity contribution < 1.29 is 19.2 Å². The smallest absolute Gasteiger partial charge is 0.277 e. The summed E-state index contributed by atoms with van der Waals surface area (Å²) in [6.07, 6.45) is 15.8. The Hall–Kier alpha value is -5.20. The Morgan fingerprint density at radius 2 is 0.857 bits per heavy atom. The van der Waals surface area contributed by atoms with Crippen molar-refractivity contribution in [3.05, 3.63) is 82.4 Å². The van der Waals surface area contributed by atoms with Gasteiger partial charge in [-0.25, -0.2) is 0 Å². The number of carbonyl (C=O) groups excluding carboxylic acids is 4. The van der Waals surface area contributed by atoms with E-state index in [2.05, 4.69) is 53.8 Å². The maximum Gasteiger partial charge on any atom is 0.277 e. The Kier molecular flexibility index (Phi) is 11.8. The molecule has 332 valence electrons. The molecule has 6 aliphatic rings. The van der Waals surface area contributed by atoms with Crippen LogP contribution >= 0.6 is 0 Å². The molecule has 2 N–H and O–H groups in total. The number of hydrogen-bond acceptors (Lipinski definition) is 8. The van der Waals surface area contributed by atoms with Crippen molar-refractivity contribution in [2.75, 3.05) is 66.5 Å². The highest BCUT2D eigenvalue weighted by atomic mass is 16.2. The highest BCUT2D eigenvalue weighted by Crippen LogP contribution is 2.41. The molecule has 0 saturated carbocycles. The molecule has 8 heterocycles. The van der Waals surface area contributed by atoms with Gasteiger partial charge in [0.25, 0.3) is 23.6 Å². The second-order valence-corrected chi connectivity index (χ2v) is 19.0. The van der Waals surface area contributed by atoms with E-state index in [1.165, 1.54) is 48.3 Å². The molecule has 10 rings (SSSR count). The Morgan fingerprint density at radius 1 is 0.476 bits per heavy atom. The van der Waals surface area contributed by atoms with Crippen molar-refractivity contribution in [1.29, 1.82) is 0 Å². The van der Waals surface area contributed by atoms with Crippen LogP contribution in [0.25, 0.3) is 33.0 Å². The Morgan fingerprint density at radius 3 is 1.25 bits per heavy atom. The number of nitrogens with one attached hydrogen (secondary N) is 2. The first-order chi connectivity index (χ1) is 30.8. The molecule has 63 heavy (non-hydrogen) atoms. The van der Waals surface area contributed by atoms with Crippen LogP contribution in [0.1, 0.15) is 106 Å². The summed E-state index contributed by atoms with van der Waals surface area (Å²) in [6, 6.07) is 17.4. The van der Waals surface area contributed by atoms with Crippen LogP contribution in [0.15, 0.2) is 59.9 Å². The molecule has 0 spiro atoms. The van der Waals surface area contributed by atoms with Crippen LogP contribution in [-0.2, 0) is 32.0 Å². The summed E-state index contributed by atoms with van der Waals surface area (Å²) < 4.78 is 0. The number of imide groups is 2. The molecule has 4 fully saturated rings. The number of piperidine rings is 4. The van der Waals surface area contributed by atoms with E-state index >= 15 is 0 Å². The van der Waals surface area contributed by atoms with Crippen LogP contribution in [0.2, 0.25) is 0 Å². The Bertz CT molecular complexity index is 2300. The van der Waals surface area contributed by atoms with E-state index in [1.807, 2.05) is 24.3 Å². The molecule has 4 aromatic rings. The van der Waals surface area contributed by atoms with Gasteiger partial charge in [0, 0.05) is 96.7 Å². The summed E-state index contributed by atoms with van der Waals surface area (Å²) in [5, 5.41) is 1.95. The quantitative estimate of drug-likeness (QED) is 0.117. The average Bonchev–Trinajstić information content (AvgIpc) is 4.01. The Balaban J connectivity index is 0.879. The van der Waals surface area contributed by atoms with Gasteiger partial charge < -0.3 is 29.6 Å². The fourth-order valence-corrected chi connectivity index (χ4v) is 11.9. The zero-order valence-electron chi connectivity index (χ0n) is 37.4. The second-order valence-electron chi connectivity index (χ2n) is 19.0. The predicted octanol–water partition coefficient (Wildman–Crippen LogP) is 6.92. The number of rotatable bonds is 12. The lowest BCUT2D eigenvalue weighted by atomic mass is 9.95. The largest absolute Gasteiger partial charge is 0.366 e. The molecule has 0 bridgehead atoms. The number of H-pyrrole nitrogens is 2. The van der Waals surface area contributed by atoms with Gasteiger partial charge in [-0.15, -0.1) is 0 Å². The first kappa shape index (κ1) is 41.8. The fraction of sp³-hybridized carbons (Fsp3) is 0.529. The summed E-state index contributed by atoms with van der Waals surface area (Å²) in [5.74, 6) is -0.858. The van der Waals surface area contributed by atoms with Gasteiger partial charge >= 0.3 is 0 Å². The number of aryl methyl sites for hydroxylation is 2. The molecule has 6 aliphatic heterocycles. The van der Waals surface area contributed by atoms with E-state index in [9.17, 15) is 19.2 Å². The van der Waals surface area contributed by atoms with Gasteiger partial charge in [-0.3, -0.25) is 29.0 Å². The first-order valence-corrected chi connectivity index (χ1v) is 24.1. The monoisotopic (exact) mass is 853 g/mol. The number of carbonyl (C=O) groups is 4. The summed E-state index contributed by atoms with van der Waals surface area (Å²) in [6.45, 7) is 7.73. The molecule has 4 amide bonds. The zero-order valence-corrected chi connectivity index (χ0v) is 37.4. The predicted molar refractivity (Wildman–Crippen MR) is 247 cm³/mol. The molecule has 0 atom stereocenters. The molecule has 4 saturated heterocycles. The van der Waals surface area contributed by atoms with Crippen molar-refractivity contribution in [1.82, 2.24) is 39.4 Å². The third-order valence-electron chi connectivity index (χ3n) is 15.3. The fourth-order valence-electron chi connectivity index (χ4n) is 11.9. The van der Waals surface area contributed by atoms with Crippen LogP contribution in [0.5, 0.6) is 0 Å². The number of fused-ring (bicyclic) bond motifs is 2. The normalized spacial score (nSPS) is 21.9. The zero-order chi connectivity index (χ0) is 43.2. The highest BCUT2D eigenvalue weighted by molar-refractivity contribution is 6.38. The lowest BCUT2D eigenvalue weighted by Crippen LogP contribution is -2.47. The van der Waals surface area contributed by atoms with Gasteiger partial charge in [0.15, 0.2) is 0 Å². The van der Waals surface area contributed by atoms with E-state index in [4.69, 9.17) is 0 Å². The number of benzene rings is 2. The lowest BCUT2D eigenvalue weighted by molar-refractivity contribution is -0.137. The topological polar surface area (TPSA) is 119 Å². The number of aromatic nitrogens is 2. The molecule has 0 unspecified atom stereocenters. The molecule has 2 aromatic carbocycles. The standard InChI is InChI=1S/C51H64N8O4/c1-54-48(60)44(46(50(54)62)58-30-22-34(23-31-58)56-26-12-4-13-27-56)42-36-16-8-10-18-38(36)52-40(42)20-6-3-7-21-41-43(37-17-9-11-19-39(37)53-41)45-47(51(63)55(2)49(45)61)59-32-24-35(25-33-59)57-28-14-5-15-29-57/h8-11,16-19,34-35,52-53H,3-7,12-15,20-33H2,1-2H3. The molecule has 2 aromatic heterocycles. The summed E-state index contributed by atoms with van der Waals surface area (Å²) in [4.78, 5) is 75.8. The number of para-hydroxylation sites is 2. The van der Waals surface area contributed by atoms with Crippen LogP contribution in [0, 0.1) is 0 Å². The number of aromatic amines is 2. The van der Waals surface area contributed by atoms with Gasteiger partial charge in [-0.2, -0.15) is 0 Å². The minimum Gasteiger partial charge on any atom is -0.366 e. The number of likely N-dealkylation sites (tertiary alicyclic amines) is 4. The average molecular weight is 853 g/mol. The van der Waals surface area contributed by atoms with E-state index in [1.54, 1.807) is 14.1 Å². The van der Waals surface area contributed by atoms with E-state index in [0.29, 0.717) is 34.6 Å². The number of likely N-dealkylation sites (N-methyl/N-ethyl adjacent to an activating group) is 2. The van der Waals surface area contributed by atoms with Gasteiger partial charge in [-0.05, 0) is 115 Å². The first-order valence-electron chi connectivity index (χ1n) is 24.1. The third kappa shape index (κ3) is 7.70. The molecular formula is C51H64N8O4. The van der Waals surface area contributed by atoms with Crippen LogP contribution in [-0.4, -0.2) is 142 Å². The number of unbranched alkanes of at least 4 members (excludes halogenated alkanes) is 2. The summed E-state index contributed by atoms with van der Waals surface area (Å²) in [7, 11) is 3.24. The van der Waals surface area contributed by atoms with Crippen molar-refractivity contribution in [2.45, 2.75) is 108 Å². The minimum absolute atomic E-state index is 0.203. The maximum atomic E-state index is 14.1. The Labute approximate surface area is 371 Å². The number of hydrogen-bond donors (Lipinski definition) is 2. The van der Waals surface area contributed by atoms with Crippen molar-refractivity contribution in [3.8, 4) is 0 Å². The van der Waals surface area contributed by atoms with Gasteiger partial charge in [0.2, 0.25) is 0 Å². The van der Waals surface area contributed by atoms with Crippen LogP contribution < -0.4 is 0 Å². The second kappa shape index (κ2) is 17.8. The van der Waals surface area contributed by atoms with Gasteiger partial charge in [-0.1, -0.05) is 55.7 Å². The molecule has 12 nitrogen and oxygen atoms in total. The summed E-state index contributed by atoms with van der Waals surface area (Å²) in [5.41, 5.74) is 7.85. The SMILES string of the molecule is CN1C(=O)C(c2c(CCCCCc3[nH]c4ccccc4c3C3=C(N4CCC(N5CCCCC5)CC4)C(=O)N(C)C3=O)[nH]c3ccccc23)=C(N2CCC(N3CCCCC3)CC2)C1=O. The van der Waals surface area contributed by atoms with Crippen LogP contribution in [0.4, 0.5) is 0 Å². The minimum atomic E-state index is -0.226. The van der Waals surface area contributed by atoms with E-state index in [0.717, 1.165) is 154 Å².